The van der Waals surface area contributed by atoms with Gasteiger partial charge in [0.15, 0.2) is 0 Å². The van der Waals surface area contributed by atoms with Crippen LogP contribution in [0.25, 0.3) is 0 Å². The van der Waals surface area contributed by atoms with Crippen LogP contribution < -0.4 is 0 Å². The largest absolute Gasteiger partial charge is 0.459 e. The molecule has 0 amide bonds. The highest BCUT2D eigenvalue weighted by molar-refractivity contribution is 5.77. The number of carbonyl (C=O) groups excluding carboxylic acids is 1. The minimum Gasteiger partial charge on any atom is -0.459 e. The van der Waals surface area contributed by atoms with E-state index >= 15 is 0 Å². The molecule has 0 bridgehead atoms. The number of aromatic nitrogens is 1. The number of rotatable bonds is 7. The molecule has 0 aromatic carbocycles. The van der Waals surface area contributed by atoms with Gasteiger partial charge in [0, 0.05) is 18.4 Å². The molecule has 168 valence electrons. The third kappa shape index (κ3) is 6.27. The standard InChI is InChI=1S/C25H40N2O3/c1-24(2,3)30-23(28)22(19-12-7-6-8-13-19)27-18-21(29-25(27,4)5)16-11-15-20-14-9-10-17-26-20/h9-10,14,17,19,21-22H,6-8,11-13,15-16,18H2,1-5H3/t21?,22-/m0/s1. The summed E-state index contributed by atoms with van der Waals surface area (Å²) in [6.45, 7) is 10.9. The van der Waals surface area contributed by atoms with Crippen LogP contribution in [0.3, 0.4) is 0 Å². The van der Waals surface area contributed by atoms with Crippen molar-refractivity contribution in [2.24, 2.45) is 5.92 Å². The molecule has 5 nitrogen and oxygen atoms in total. The first-order valence-electron chi connectivity index (χ1n) is 11.7. The highest BCUT2D eigenvalue weighted by Gasteiger charge is 2.48. The van der Waals surface area contributed by atoms with Crippen LogP contribution in [0.2, 0.25) is 0 Å². The third-order valence-electron chi connectivity index (χ3n) is 6.31. The molecule has 2 fully saturated rings. The lowest BCUT2D eigenvalue weighted by atomic mass is 9.82. The van der Waals surface area contributed by atoms with Gasteiger partial charge in [0.25, 0.3) is 0 Å². The van der Waals surface area contributed by atoms with Crippen LogP contribution in [-0.4, -0.2) is 45.9 Å². The fourth-order valence-electron chi connectivity index (χ4n) is 4.99. The SMILES string of the molecule is CC(C)(C)OC(=O)[C@H](C1CCCCC1)N1CC(CCCc2ccccn2)OC1(C)C. The summed E-state index contributed by atoms with van der Waals surface area (Å²) in [5.74, 6) is 0.268. The van der Waals surface area contributed by atoms with Gasteiger partial charge in [0.2, 0.25) is 0 Å². The highest BCUT2D eigenvalue weighted by atomic mass is 16.6. The molecular weight excluding hydrogens is 376 g/mol. The van der Waals surface area contributed by atoms with E-state index in [2.05, 4.69) is 29.8 Å². The molecule has 30 heavy (non-hydrogen) atoms. The lowest BCUT2D eigenvalue weighted by Gasteiger charge is -2.41. The molecule has 0 radical (unpaired) electrons. The van der Waals surface area contributed by atoms with Gasteiger partial charge in [-0.2, -0.15) is 0 Å². The topological polar surface area (TPSA) is 51.7 Å². The molecule has 3 rings (SSSR count). The van der Waals surface area contributed by atoms with Crippen LogP contribution >= 0.6 is 0 Å². The summed E-state index contributed by atoms with van der Waals surface area (Å²) in [4.78, 5) is 20.0. The summed E-state index contributed by atoms with van der Waals surface area (Å²) in [6, 6.07) is 5.84. The molecule has 1 saturated carbocycles. The lowest BCUT2D eigenvalue weighted by molar-refractivity contribution is -0.173. The molecule has 0 spiro atoms. The predicted octanol–water partition coefficient (Wildman–Crippen LogP) is 5.13. The molecule has 2 atom stereocenters. The maximum Gasteiger partial charge on any atom is 0.324 e. The second-order valence-electron chi connectivity index (χ2n) is 10.4. The van der Waals surface area contributed by atoms with Crippen LogP contribution in [-0.2, 0) is 20.7 Å². The van der Waals surface area contributed by atoms with E-state index in [9.17, 15) is 4.79 Å². The Kier molecular flexibility index (Phi) is 7.56. The molecule has 5 heteroatoms. The van der Waals surface area contributed by atoms with Gasteiger partial charge in [-0.3, -0.25) is 14.7 Å². The van der Waals surface area contributed by atoms with E-state index in [-0.39, 0.29) is 18.1 Å². The van der Waals surface area contributed by atoms with E-state index in [4.69, 9.17) is 9.47 Å². The summed E-state index contributed by atoms with van der Waals surface area (Å²) in [5.41, 5.74) is 0.186. The monoisotopic (exact) mass is 416 g/mol. The van der Waals surface area contributed by atoms with Crippen LogP contribution in [0, 0.1) is 5.92 Å². The molecule has 1 aromatic rings. The molecule has 1 saturated heterocycles. The first-order chi connectivity index (χ1) is 14.2. The highest BCUT2D eigenvalue weighted by Crippen LogP contribution is 2.38. The van der Waals surface area contributed by atoms with Gasteiger partial charge in [-0.15, -0.1) is 0 Å². The minimum atomic E-state index is -0.475. The fraction of sp³-hybridized carbons (Fsp3) is 0.760. The molecule has 2 aliphatic rings. The van der Waals surface area contributed by atoms with Crippen LogP contribution in [0.4, 0.5) is 0 Å². The number of hydrogen-bond donors (Lipinski definition) is 0. The molecule has 1 unspecified atom stereocenters. The Morgan fingerprint density at radius 3 is 2.63 bits per heavy atom. The molecule has 1 aliphatic heterocycles. The van der Waals surface area contributed by atoms with E-state index in [1.165, 1.54) is 19.3 Å². The second-order valence-corrected chi connectivity index (χ2v) is 10.4. The fourth-order valence-corrected chi connectivity index (χ4v) is 4.99. The Labute approximate surface area is 182 Å². The van der Waals surface area contributed by atoms with E-state index in [1.807, 2.05) is 39.1 Å². The zero-order valence-corrected chi connectivity index (χ0v) is 19.5. The maximum absolute atomic E-state index is 13.3. The van der Waals surface area contributed by atoms with E-state index in [0.29, 0.717) is 5.92 Å². The average molecular weight is 417 g/mol. The Bertz CT molecular complexity index is 677. The first-order valence-corrected chi connectivity index (χ1v) is 11.7. The van der Waals surface area contributed by atoms with Crippen molar-refractivity contribution < 1.29 is 14.3 Å². The van der Waals surface area contributed by atoms with E-state index < -0.39 is 11.3 Å². The van der Waals surface area contributed by atoms with Crippen molar-refractivity contribution in [3.05, 3.63) is 30.1 Å². The van der Waals surface area contributed by atoms with Crippen molar-refractivity contribution in [3.8, 4) is 0 Å². The molecule has 1 aliphatic carbocycles. The summed E-state index contributed by atoms with van der Waals surface area (Å²) in [7, 11) is 0. The van der Waals surface area contributed by atoms with Gasteiger partial charge in [-0.1, -0.05) is 25.3 Å². The Hall–Kier alpha value is -1.46. The van der Waals surface area contributed by atoms with Crippen molar-refractivity contribution in [2.45, 2.75) is 109 Å². The van der Waals surface area contributed by atoms with Gasteiger partial charge in [0.1, 0.15) is 17.4 Å². The first kappa shape index (κ1) is 23.2. The van der Waals surface area contributed by atoms with Gasteiger partial charge in [-0.25, -0.2) is 0 Å². The Morgan fingerprint density at radius 1 is 1.27 bits per heavy atom. The van der Waals surface area contributed by atoms with Crippen molar-refractivity contribution >= 4 is 5.97 Å². The number of pyridine rings is 1. The lowest BCUT2D eigenvalue weighted by Crippen LogP contribution is -2.55. The zero-order chi connectivity index (χ0) is 21.8. The number of nitrogens with zero attached hydrogens (tertiary/aromatic N) is 2. The molecule has 2 heterocycles. The quantitative estimate of drug-likeness (QED) is 0.577. The number of hydrogen-bond acceptors (Lipinski definition) is 5. The minimum absolute atomic E-state index is 0.0831. The number of aryl methyl sites for hydroxylation is 1. The number of carbonyl (C=O) groups is 1. The van der Waals surface area contributed by atoms with E-state index in [1.54, 1.807) is 0 Å². The van der Waals surface area contributed by atoms with Crippen molar-refractivity contribution in [1.82, 2.24) is 9.88 Å². The van der Waals surface area contributed by atoms with Crippen molar-refractivity contribution in [1.29, 1.82) is 0 Å². The van der Waals surface area contributed by atoms with Crippen molar-refractivity contribution in [3.63, 3.8) is 0 Å². The normalized spacial score (nSPS) is 24.0. The van der Waals surface area contributed by atoms with Gasteiger partial charge in [-0.05, 0) is 84.8 Å². The zero-order valence-electron chi connectivity index (χ0n) is 19.5. The van der Waals surface area contributed by atoms with Gasteiger partial charge < -0.3 is 9.47 Å². The Balaban J connectivity index is 1.67. The number of esters is 1. The summed E-state index contributed by atoms with van der Waals surface area (Å²) in [5, 5.41) is 0. The van der Waals surface area contributed by atoms with Crippen LogP contribution in [0.15, 0.2) is 24.4 Å². The summed E-state index contributed by atoms with van der Waals surface area (Å²) >= 11 is 0. The third-order valence-corrected chi connectivity index (χ3v) is 6.31. The number of ether oxygens (including phenoxy) is 2. The van der Waals surface area contributed by atoms with Gasteiger partial charge in [0.05, 0.1) is 6.10 Å². The Morgan fingerprint density at radius 2 is 2.00 bits per heavy atom. The summed E-state index contributed by atoms with van der Waals surface area (Å²) < 4.78 is 12.3. The molecule has 1 aromatic heterocycles. The van der Waals surface area contributed by atoms with Gasteiger partial charge >= 0.3 is 5.97 Å². The average Bonchev–Trinajstić information content (AvgIpc) is 2.96. The molecule has 0 N–H and O–H groups in total. The smallest absolute Gasteiger partial charge is 0.324 e. The second kappa shape index (κ2) is 9.78. The molecular formula is C25H40N2O3. The predicted molar refractivity (Wildman–Crippen MR) is 119 cm³/mol. The summed E-state index contributed by atoms with van der Waals surface area (Å²) in [6.07, 6.45) is 10.8. The van der Waals surface area contributed by atoms with Crippen molar-refractivity contribution in [2.75, 3.05) is 6.54 Å². The maximum atomic E-state index is 13.3. The van der Waals surface area contributed by atoms with E-state index in [0.717, 1.165) is 44.3 Å². The van der Waals surface area contributed by atoms with Crippen LogP contribution in [0.5, 0.6) is 0 Å². The van der Waals surface area contributed by atoms with Crippen LogP contribution in [0.1, 0.15) is 85.3 Å².